The molecule has 1 amide bonds. The maximum Gasteiger partial charge on any atom is 0.272 e. The molecule has 1 aliphatic rings. The molecule has 0 atom stereocenters. The van der Waals surface area contributed by atoms with Gasteiger partial charge in [-0.2, -0.15) is 5.10 Å². The lowest BCUT2D eigenvalue weighted by Crippen LogP contribution is -2.36. The highest BCUT2D eigenvalue weighted by Gasteiger charge is 2.22. The average molecular weight is 342 g/mol. The van der Waals surface area contributed by atoms with Crippen LogP contribution in [0.15, 0.2) is 30.3 Å². The number of amides is 1. The molecule has 0 bridgehead atoms. The maximum atomic E-state index is 12.8. The van der Waals surface area contributed by atoms with Gasteiger partial charge in [0.2, 0.25) is 0 Å². The summed E-state index contributed by atoms with van der Waals surface area (Å²) in [6.07, 6.45) is 0.985. The van der Waals surface area contributed by atoms with Crippen LogP contribution in [0.3, 0.4) is 0 Å². The first-order valence-corrected chi connectivity index (χ1v) is 8.72. The molecular weight excluding hydrogens is 316 g/mol. The number of ether oxygens (including phenoxy) is 1. The SMILES string of the molecule is COc1ccc(CN2CCCN(C(=O)c3cc(C)nn3C)CC2)cc1. The fourth-order valence-corrected chi connectivity index (χ4v) is 3.29. The van der Waals surface area contributed by atoms with Gasteiger partial charge in [-0.1, -0.05) is 12.1 Å². The van der Waals surface area contributed by atoms with Gasteiger partial charge in [0.05, 0.1) is 12.8 Å². The fraction of sp³-hybridized carbons (Fsp3) is 0.474. The summed E-state index contributed by atoms with van der Waals surface area (Å²) in [5.74, 6) is 0.956. The Morgan fingerprint density at radius 3 is 2.56 bits per heavy atom. The summed E-state index contributed by atoms with van der Waals surface area (Å²) in [7, 11) is 3.51. The number of hydrogen-bond acceptors (Lipinski definition) is 4. The molecule has 1 fully saturated rings. The second-order valence-electron chi connectivity index (χ2n) is 6.56. The number of aryl methyl sites for hydroxylation is 2. The lowest BCUT2D eigenvalue weighted by atomic mass is 10.2. The van der Waals surface area contributed by atoms with E-state index in [0.717, 1.165) is 50.6 Å². The Labute approximate surface area is 149 Å². The molecule has 0 radical (unpaired) electrons. The molecule has 3 rings (SSSR count). The van der Waals surface area contributed by atoms with E-state index < -0.39 is 0 Å². The first-order chi connectivity index (χ1) is 12.1. The molecule has 0 N–H and O–H groups in total. The summed E-state index contributed by atoms with van der Waals surface area (Å²) in [5, 5.41) is 4.28. The van der Waals surface area contributed by atoms with Crippen LogP contribution in [0.25, 0.3) is 0 Å². The minimum Gasteiger partial charge on any atom is -0.497 e. The minimum absolute atomic E-state index is 0.0781. The zero-order chi connectivity index (χ0) is 17.8. The highest BCUT2D eigenvalue weighted by Crippen LogP contribution is 2.15. The first-order valence-electron chi connectivity index (χ1n) is 8.72. The van der Waals surface area contributed by atoms with E-state index in [2.05, 4.69) is 22.1 Å². The smallest absolute Gasteiger partial charge is 0.272 e. The standard InChI is InChI=1S/C19H26N4O2/c1-15-13-18(21(2)20-15)19(24)23-10-4-9-22(11-12-23)14-16-5-7-17(25-3)8-6-16/h5-8,13H,4,9-12,14H2,1-3H3. The summed E-state index contributed by atoms with van der Waals surface area (Å²) in [5.41, 5.74) is 2.81. The Morgan fingerprint density at radius 2 is 1.92 bits per heavy atom. The van der Waals surface area contributed by atoms with Crippen molar-refractivity contribution in [2.75, 3.05) is 33.3 Å². The van der Waals surface area contributed by atoms with Gasteiger partial charge >= 0.3 is 0 Å². The second-order valence-corrected chi connectivity index (χ2v) is 6.56. The van der Waals surface area contributed by atoms with Crippen LogP contribution in [0.4, 0.5) is 0 Å². The van der Waals surface area contributed by atoms with Crippen LogP contribution >= 0.6 is 0 Å². The number of hydrogen-bond donors (Lipinski definition) is 0. The predicted octanol–water partition coefficient (Wildman–Crippen LogP) is 2.09. The summed E-state index contributed by atoms with van der Waals surface area (Å²) in [4.78, 5) is 17.1. The molecule has 1 aromatic carbocycles. The van der Waals surface area contributed by atoms with Gasteiger partial charge in [0.25, 0.3) is 5.91 Å². The van der Waals surface area contributed by atoms with Crippen molar-refractivity contribution in [3.8, 4) is 5.75 Å². The lowest BCUT2D eigenvalue weighted by Gasteiger charge is -2.22. The molecule has 134 valence electrons. The monoisotopic (exact) mass is 342 g/mol. The van der Waals surface area contributed by atoms with E-state index in [1.54, 1.807) is 11.8 Å². The van der Waals surface area contributed by atoms with Crippen molar-refractivity contribution in [1.29, 1.82) is 0 Å². The van der Waals surface area contributed by atoms with Gasteiger partial charge in [-0.3, -0.25) is 14.4 Å². The van der Waals surface area contributed by atoms with Crippen LogP contribution in [0.2, 0.25) is 0 Å². The van der Waals surface area contributed by atoms with Gasteiger partial charge < -0.3 is 9.64 Å². The van der Waals surface area contributed by atoms with Crippen molar-refractivity contribution in [3.63, 3.8) is 0 Å². The molecule has 6 heteroatoms. The van der Waals surface area contributed by atoms with Crippen LogP contribution in [0.5, 0.6) is 5.75 Å². The molecule has 0 saturated carbocycles. The Hall–Kier alpha value is -2.34. The molecule has 0 unspecified atom stereocenters. The number of benzene rings is 1. The predicted molar refractivity (Wildman–Crippen MR) is 96.7 cm³/mol. The molecule has 0 aliphatic carbocycles. The molecule has 6 nitrogen and oxygen atoms in total. The van der Waals surface area contributed by atoms with Crippen molar-refractivity contribution in [2.45, 2.75) is 19.9 Å². The van der Waals surface area contributed by atoms with E-state index in [1.165, 1.54) is 5.56 Å². The highest BCUT2D eigenvalue weighted by atomic mass is 16.5. The molecule has 2 aromatic rings. The van der Waals surface area contributed by atoms with Crippen LogP contribution in [-0.4, -0.2) is 58.8 Å². The van der Waals surface area contributed by atoms with Crippen LogP contribution in [0.1, 0.15) is 28.2 Å². The normalized spacial score (nSPS) is 15.9. The number of nitrogens with zero attached hydrogens (tertiary/aromatic N) is 4. The summed E-state index contributed by atoms with van der Waals surface area (Å²) in [6.45, 7) is 6.24. The van der Waals surface area contributed by atoms with Crippen molar-refractivity contribution in [1.82, 2.24) is 19.6 Å². The number of carbonyl (C=O) groups excluding carboxylic acids is 1. The largest absolute Gasteiger partial charge is 0.497 e. The summed E-state index contributed by atoms with van der Waals surface area (Å²) < 4.78 is 6.89. The Morgan fingerprint density at radius 1 is 1.16 bits per heavy atom. The molecule has 1 aromatic heterocycles. The number of methoxy groups -OCH3 is 1. The lowest BCUT2D eigenvalue weighted by molar-refractivity contribution is 0.0750. The van der Waals surface area contributed by atoms with E-state index in [1.807, 2.05) is 37.1 Å². The van der Waals surface area contributed by atoms with Crippen LogP contribution in [-0.2, 0) is 13.6 Å². The van der Waals surface area contributed by atoms with E-state index in [9.17, 15) is 4.79 Å². The van der Waals surface area contributed by atoms with E-state index >= 15 is 0 Å². The second kappa shape index (κ2) is 7.70. The van der Waals surface area contributed by atoms with Crippen molar-refractivity contribution in [3.05, 3.63) is 47.3 Å². The third-order valence-electron chi connectivity index (χ3n) is 4.66. The van der Waals surface area contributed by atoms with Gasteiger partial charge in [0.15, 0.2) is 0 Å². The first kappa shape index (κ1) is 17.5. The van der Waals surface area contributed by atoms with Crippen molar-refractivity contribution in [2.24, 2.45) is 7.05 Å². The topological polar surface area (TPSA) is 50.6 Å². The van der Waals surface area contributed by atoms with Crippen molar-refractivity contribution < 1.29 is 9.53 Å². The zero-order valence-electron chi connectivity index (χ0n) is 15.2. The Kier molecular flexibility index (Phi) is 5.38. The maximum absolute atomic E-state index is 12.8. The number of rotatable bonds is 4. The quantitative estimate of drug-likeness (QED) is 0.854. The number of carbonyl (C=O) groups is 1. The number of aromatic nitrogens is 2. The average Bonchev–Trinajstić information content (AvgIpc) is 2.81. The van der Waals surface area contributed by atoms with Crippen molar-refractivity contribution >= 4 is 5.91 Å². The molecular formula is C19H26N4O2. The van der Waals surface area contributed by atoms with Gasteiger partial charge in [0.1, 0.15) is 11.4 Å². The molecule has 1 saturated heterocycles. The van der Waals surface area contributed by atoms with Gasteiger partial charge in [-0.25, -0.2) is 0 Å². The third-order valence-corrected chi connectivity index (χ3v) is 4.66. The summed E-state index contributed by atoms with van der Waals surface area (Å²) in [6, 6.07) is 10.1. The van der Waals surface area contributed by atoms with Crippen LogP contribution < -0.4 is 4.74 Å². The van der Waals surface area contributed by atoms with E-state index in [0.29, 0.717) is 5.69 Å². The van der Waals surface area contributed by atoms with Gasteiger partial charge in [-0.05, 0) is 37.1 Å². The highest BCUT2D eigenvalue weighted by molar-refractivity contribution is 5.92. The molecule has 2 heterocycles. The molecule has 25 heavy (non-hydrogen) atoms. The summed E-state index contributed by atoms with van der Waals surface area (Å²) >= 11 is 0. The fourth-order valence-electron chi connectivity index (χ4n) is 3.29. The van der Waals surface area contributed by atoms with Crippen LogP contribution in [0, 0.1) is 6.92 Å². The Balaban J connectivity index is 1.60. The molecule has 0 spiro atoms. The van der Waals surface area contributed by atoms with E-state index in [4.69, 9.17) is 4.74 Å². The Bertz CT molecular complexity index is 724. The van der Waals surface area contributed by atoms with Gasteiger partial charge in [-0.15, -0.1) is 0 Å². The third kappa shape index (κ3) is 4.20. The minimum atomic E-state index is 0.0781. The van der Waals surface area contributed by atoms with E-state index in [-0.39, 0.29) is 5.91 Å². The van der Waals surface area contributed by atoms with Gasteiger partial charge in [0, 0.05) is 39.8 Å². The zero-order valence-corrected chi connectivity index (χ0v) is 15.2. The molecule has 1 aliphatic heterocycles.